The average molecular weight is 242 g/mol. The zero-order valence-corrected chi connectivity index (χ0v) is 9.31. The topological polar surface area (TPSA) is 21.3 Å². The predicted molar refractivity (Wildman–Crippen MR) is 57.3 cm³/mol. The Morgan fingerprint density at radius 1 is 1.46 bits per heavy atom. The van der Waals surface area contributed by atoms with Gasteiger partial charge >= 0.3 is 0 Å². The van der Waals surface area contributed by atoms with Crippen LogP contribution in [0.2, 0.25) is 0 Å². The molecule has 70 valence electrons. The number of nitrogens with one attached hydrogen (secondary N) is 1. The molecule has 1 N–H and O–H groups in total. The molecule has 1 aliphatic heterocycles. The first kappa shape index (κ1) is 8.88. The van der Waals surface area contributed by atoms with Crippen LogP contribution in [0.1, 0.15) is 13.8 Å². The number of ether oxygens (including phenoxy) is 1. The molecule has 1 aromatic rings. The van der Waals surface area contributed by atoms with Crippen LogP contribution in [0, 0.1) is 0 Å². The molecule has 0 bridgehead atoms. The van der Waals surface area contributed by atoms with Crippen LogP contribution in [0.5, 0.6) is 5.75 Å². The molecule has 0 spiro atoms. The molecule has 3 heteroatoms. The van der Waals surface area contributed by atoms with Gasteiger partial charge in [-0.2, -0.15) is 0 Å². The van der Waals surface area contributed by atoms with Crippen LogP contribution in [0.4, 0.5) is 5.69 Å². The van der Waals surface area contributed by atoms with E-state index in [1.807, 2.05) is 18.2 Å². The second kappa shape index (κ2) is 2.91. The Morgan fingerprint density at radius 3 is 3.00 bits per heavy atom. The van der Waals surface area contributed by atoms with E-state index in [1.54, 1.807) is 0 Å². The molecule has 2 rings (SSSR count). The van der Waals surface area contributed by atoms with Gasteiger partial charge in [-0.05, 0) is 32.0 Å². The molecule has 0 unspecified atom stereocenters. The van der Waals surface area contributed by atoms with Gasteiger partial charge in [-0.15, -0.1) is 0 Å². The molecule has 2 nitrogen and oxygen atoms in total. The van der Waals surface area contributed by atoms with E-state index in [1.165, 1.54) is 0 Å². The van der Waals surface area contributed by atoms with Crippen molar-refractivity contribution in [1.82, 2.24) is 0 Å². The Morgan fingerprint density at radius 2 is 2.23 bits per heavy atom. The maximum absolute atomic E-state index is 5.63. The lowest BCUT2D eigenvalue weighted by Crippen LogP contribution is -2.40. The SMILES string of the molecule is CC1(C)COc2cc(Br)ccc2N1. The number of hydrogen-bond acceptors (Lipinski definition) is 2. The summed E-state index contributed by atoms with van der Waals surface area (Å²) < 4.78 is 6.68. The zero-order chi connectivity index (χ0) is 9.47. The van der Waals surface area contributed by atoms with E-state index >= 15 is 0 Å². The smallest absolute Gasteiger partial charge is 0.143 e. The van der Waals surface area contributed by atoms with Crippen molar-refractivity contribution in [3.63, 3.8) is 0 Å². The predicted octanol–water partition coefficient (Wildman–Crippen LogP) is 3.03. The summed E-state index contributed by atoms with van der Waals surface area (Å²) in [5.74, 6) is 0.925. The molecule has 0 fully saturated rings. The summed E-state index contributed by atoms with van der Waals surface area (Å²) in [6.07, 6.45) is 0. The number of anilines is 1. The van der Waals surface area contributed by atoms with Crippen molar-refractivity contribution >= 4 is 21.6 Å². The van der Waals surface area contributed by atoms with Gasteiger partial charge < -0.3 is 10.1 Å². The fourth-order valence-electron chi connectivity index (χ4n) is 1.38. The lowest BCUT2D eigenvalue weighted by atomic mass is 10.0. The van der Waals surface area contributed by atoms with Crippen LogP contribution in [-0.4, -0.2) is 12.1 Å². The first-order valence-electron chi connectivity index (χ1n) is 4.27. The normalized spacial score (nSPS) is 18.4. The average Bonchev–Trinajstić information content (AvgIpc) is 2.05. The highest BCUT2D eigenvalue weighted by Crippen LogP contribution is 2.34. The highest BCUT2D eigenvalue weighted by atomic mass is 79.9. The summed E-state index contributed by atoms with van der Waals surface area (Å²) in [5, 5.41) is 3.42. The number of hydrogen-bond donors (Lipinski definition) is 1. The Hall–Kier alpha value is -0.700. The van der Waals surface area contributed by atoms with Gasteiger partial charge in [-0.1, -0.05) is 15.9 Å². The molecule has 0 radical (unpaired) electrons. The molecule has 1 aliphatic rings. The zero-order valence-electron chi connectivity index (χ0n) is 7.73. The van der Waals surface area contributed by atoms with E-state index in [0.29, 0.717) is 6.61 Å². The highest BCUT2D eigenvalue weighted by molar-refractivity contribution is 9.10. The summed E-state index contributed by atoms with van der Waals surface area (Å²) in [6, 6.07) is 6.02. The molecule has 1 heterocycles. The minimum atomic E-state index is 0.0286. The second-order valence-electron chi connectivity index (χ2n) is 3.94. The van der Waals surface area contributed by atoms with E-state index < -0.39 is 0 Å². The van der Waals surface area contributed by atoms with Gasteiger partial charge in [-0.25, -0.2) is 0 Å². The van der Waals surface area contributed by atoms with E-state index in [2.05, 4.69) is 35.1 Å². The lowest BCUT2D eigenvalue weighted by Gasteiger charge is -2.33. The van der Waals surface area contributed by atoms with Crippen LogP contribution in [0.15, 0.2) is 22.7 Å². The first-order valence-corrected chi connectivity index (χ1v) is 5.07. The standard InChI is InChI=1S/C10H12BrNO/c1-10(2)6-13-9-5-7(11)3-4-8(9)12-10/h3-5,12H,6H2,1-2H3. The fourth-order valence-corrected chi connectivity index (χ4v) is 1.72. The van der Waals surface area contributed by atoms with Crippen molar-refractivity contribution in [2.75, 3.05) is 11.9 Å². The molecular weight excluding hydrogens is 230 g/mol. The summed E-state index contributed by atoms with van der Waals surface area (Å²) >= 11 is 3.41. The van der Waals surface area contributed by atoms with Gasteiger partial charge in [0.05, 0.1) is 11.2 Å². The molecule has 0 amide bonds. The van der Waals surface area contributed by atoms with Crippen molar-refractivity contribution in [2.24, 2.45) is 0 Å². The van der Waals surface area contributed by atoms with Crippen molar-refractivity contribution < 1.29 is 4.74 Å². The Labute approximate surface area is 86.4 Å². The Kier molecular flexibility index (Phi) is 1.99. The summed E-state index contributed by atoms with van der Waals surface area (Å²) in [4.78, 5) is 0. The maximum atomic E-state index is 5.63. The van der Waals surface area contributed by atoms with Crippen molar-refractivity contribution in [3.05, 3.63) is 22.7 Å². The van der Waals surface area contributed by atoms with E-state index in [-0.39, 0.29) is 5.54 Å². The second-order valence-corrected chi connectivity index (χ2v) is 4.85. The lowest BCUT2D eigenvalue weighted by molar-refractivity contribution is 0.242. The van der Waals surface area contributed by atoms with Gasteiger partial charge in [-0.3, -0.25) is 0 Å². The third-order valence-electron chi connectivity index (χ3n) is 2.01. The number of rotatable bonds is 0. The molecular formula is C10H12BrNO. The summed E-state index contributed by atoms with van der Waals surface area (Å²) in [5.41, 5.74) is 1.10. The largest absolute Gasteiger partial charge is 0.489 e. The van der Waals surface area contributed by atoms with E-state index in [9.17, 15) is 0 Å². The van der Waals surface area contributed by atoms with Crippen LogP contribution in [-0.2, 0) is 0 Å². The highest BCUT2D eigenvalue weighted by Gasteiger charge is 2.25. The van der Waals surface area contributed by atoms with Gasteiger partial charge in [0.1, 0.15) is 12.4 Å². The minimum Gasteiger partial charge on any atom is -0.489 e. The molecule has 0 saturated carbocycles. The third-order valence-corrected chi connectivity index (χ3v) is 2.50. The minimum absolute atomic E-state index is 0.0286. The first-order chi connectivity index (χ1) is 6.07. The van der Waals surface area contributed by atoms with Gasteiger partial charge in [0.2, 0.25) is 0 Å². The summed E-state index contributed by atoms with van der Waals surface area (Å²) in [7, 11) is 0. The van der Waals surface area contributed by atoms with Crippen molar-refractivity contribution in [3.8, 4) is 5.75 Å². The molecule has 0 aliphatic carbocycles. The van der Waals surface area contributed by atoms with E-state index in [4.69, 9.17) is 4.74 Å². The van der Waals surface area contributed by atoms with Crippen molar-refractivity contribution in [2.45, 2.75) is 19.4 Å². The van der Waals surface area contributed by atoms with Crippen LogP contribution in [0.25, 0.3) is 0 Å². The maximum Gasteiger partial charge on any atom is 0.143 e. The molecule has 13 heavy (non-hydrogen) atoms. The Bertz CT molecular complexity index is 336. The number of benzene rings is 1. The quantitative estimate of drug-likeness (QED) is 0.754. The van der Waals surface area contributed by atoms with Gasteiger partial charge in [0, 0.05) is 4.47 Å². The van der Waals surface area contributed by atoms with Gasteiger partial charge in [0.15, 0.2) is 0 Å². The van der Waals surface area contributed by atoms with Crippen molar-refractivity contribution in [1.29, 1.82) is 0 Å². The van der Waals surface area contributed by atoms with Crippen LogP contribution in [0.3, 0.4) is 0 Å². The van der Waals surface area contributed by atoms with Crippen LogP contribution < -0.4 is 10.1 Å². The van der Waals surface area contributed by atoms with Crippen LogP contribution >= 0.6 is 15.9 Å². The fraction of sp³-hybridized carbons (Fsp3) is 0.400. The number of halogens is 1. The molecule has 1 aromatic carbocycles. The third kappa shape index (κ3) is 1.80. The molecule has 0 saturated heterocycles. The number of fused-ring (bicyclic) bond motifs is 1. The summed E-state index contributed by atoms with van der Waals surface area (Å²) in [6.45, 7) is 4.95. The molecule has 0 aromatic heterocycles. The van der Waals surface area contributed by atoms with E-state index in [0.717, 1.165) is 15.9 Å². The Balaban J connectivity index is 2.37. The molecule has 0 atom stereocenters. The monoisotopic (exact) mass is 241 g/mol. The van der Waals surface area contributed by atoms with Gasteiger partial charge in [0.25, 0.3) is 0 Å².